The summed E-state index contributed by atoms with van der Waals surface area (Å²) in [6.07, 6.45) is 1.43. The van der Waals surface area contributed by atoms with Crippen LogP contribution in [0.2, 0.25) is 0 Å². The summed E-state index contributed by atoms with van der Waals surface area (Å²) in [4.78, 5) is 36.5. The van der Waals surface area contributed by atoms with Gasteiger partial charge in [0.15, 0.2) is 0 Å². The summed E-state index contributed by atoms with van der Waals surface area (Å²) in [5.41, 5.74) is 6.57. The second kappa shape index (κ2) is 10.4. The number of anilines is 1. The summed E-state index contributed by atoms with van der Waals surface area (Å²) in [6, 6.07) is 12.9. The van der Waals surface area contributed by atoms with E-state index in [1.807, 2.05) is 20.8 Å². The molecule has 0 radical (unpaired) electrons. The van der Waals surface area contributed by atoms with Crippen molar-refractivity contribution in [3.8, 4) is 0 Å². The van der Waals surface area contributed by atoms with Gasteiger partial charge in [0.25, 0.3) is 0 Å². The number of benzene rings is 2. The second-order valence-corrected chi connectivity index (χ2v) is 8.38. The molecule has 2 aromatic rings. The molecule has 0 fully saturated rings. The van der Waals surface area contributed by atoms with Crippen LogP contribution in [-0.2, 0) is 14.3 Å². The summed E-state index contributed by atoms with van der Waals surface area (Å²) >= 11 is 0. The van der Waals surface area contributed by atoms with Gasteiger partial charge in [0.2, 0.25) is 6.08 Å². The first kappa shape index (κ1) is 24.6. The molecule has 7 nitrogen and oxygen atoms in total. The largest absolute Gasteiger partial charge is 0.456 e. The number of isocyanates is 1. The third-order valence-corrected chi connectivity index (χ3v) is 3.22. The van der Waals surface area contributed by atoms with Crippen LogP contribution in [0.25, 0.3) is 0 Å². The van der Waals surface area contributed by atoms with Crippen molar-refractivity contribution in [1.29, 1.82) is 0 Å². The summed E-state index contributed by atoms with van der Waals surface area (Å²) < 4.78 is 10.4. The van der Waals surface area contributed by atoms with Gasteiger partial charge in [-0.05, 0) is 90.1 Å². The van der Waals surface area contributed by atoms with Crippen molar-refractivity contribution in [2.45, 2.75) is 52.7 Å². The lowest BCUT2D eigenvalue weighted by Gasteiger charge is -2.19. The van der Waals surface area contributed by atoms with Crippen molar-refractivity contribution in [2.24, 2.45) is 4.99 Å². The predicted molar refractivity (Wildman–Crippen MR) is 115 cm³/mol. The van der Waals surface area contributed by atoms with E-state index in [9.17, 15) is 14.4 Å². The number of hydrogen-bond donors (Lipinski definition) is 1. The standard InChI is InChI=1S/C12H13NO3.C11H15NO2/c1-12(2,3)16-11(15)9-4-6-10(7-5-9)13-8-14;1-11(2,3)14-10(13)8-4-6-9(12)7-5-8/h4-7H,1-3H3;4-7H,12H2,1-3H3. The Morgan fingerprint density at radius 1 is 0.767 bits per heavy atom. The zero-order chi connectivity index (χ0) is 22.9. The molecule has 0 unspecified atom stereocenters. The van der Waals surface area contributed by atoms with Gasteiger partial charge >= 0.3 is 11.9 Å². The minimum Gasteiger partial charge on any atom is -0.456 e. The number of esters is 2. The molecule has 0 saturated carbocycles. The molecule has 0 amide bonds. The Morgan fingerprint density at radius 3 is 1.47 bits per heavy atom. The topological polar surface area (TPSA) is 108 Å². The van der Waals surface area contributed by atoms with Crippen LogP contribution >= 0.6 is 0 Å². The molecule has 0 aliphatic rings. The monoisotopic (exact) mass is 412 g/mol. The lowest BCUT2D eigenvalue weighted by atomic mass is 10.1. The second-order valence-electron chi connectivity index (χ2n) is 8.38. The molecular weight excluding hydrogens is 384 g/mol. The first-order chi connectivity index (χ1) is 13.8. The Kier molecular flexibility index (Phi) is 8.50. The number of nitrogens with zero attached hydrogens (tertiary/aromatic N) is 1. The lowest BCUT2D eigenvalue weighted by Crippen LogP contribution is -2.23. The van der Waals surface area contributed by atoms with Crippen LogP contribution in [0.3, 0.4) is 0 Å². The van der Waals surface area contributed by atoms with Gasteiger partial charge in [-0.25, -0.2) is 14.4 Å². The molecular formula is C23H28N2O5. The van der Waals surface area contributed by atoms with E-state index in [4.69, 9.17) is 15.2 Å². The molecule has 2 N–H and O–H groups in total. The van der Waals surface area contributed by atoms with E-state index >= 15 is 0 Å². The highest BCUT2D eigenvalue weighted by molar-refractivity contribution is 5.90. The third kappa shape index (κ3) is 9.66. The molecule has 2 rings (SSSR count). The van der Waals surface area contributed by atoms with Gasteiger partial charge in [-0.3, -0.25) is 0 Å². The van der Waals surface area contributed by atoms with E-state index in [-0.39, 0.29) is 5.97 Å². The summed E-state index contributed by atoms with van der Waals surface area (Å²) in [5.74, 6) is -0.716. The van der Waals surface area contributed by atoms with Gasteiger partial charge in [-0.15, -0.1) is 0 Å². The average molecular weight is 412 g/mol. The molecule has 0 spiro atoms. The smallest absolute Gasteiger partial charge is 0.338 e. The molecule has 0 heterocycles. The highest BCUT2D eigenvalue weighted by Crippen LogP contribution is 2.16. The van der Waals surface area contributed by atoms with Gasteiger partial charge in [0.1, 0.15) is 11.2 Å². The Balaban J connectivity index is 0.000000303. The fourth-order valence-corrected chi connectivity index (χ4v) is 2.02. The molecule has 0 aliphatic carbocycles. The van der Waals surface area contributed by atoms with Crippen LogP contribution in [0.15, 0.2) is 53.5 Å². The minimum absolute atomic E-state index is 0.322. The van der Waals surface area contributed by atoms with E-state index in [1.165, 1.54) is 6.08 Å². The van der Waals surface area contributed by atoms with Crippen molar-refractivity contribution in [3.05, 3.63) is 59.7 Å². The zero-order valence-electron chi connectivity index (χ0n) is 18.2. The van der Waals surface area contributed by atoms with Crippen LogP contribution in [0.4, 0.5) is 11.4 Å². The average Bonchev–Trinajstić information content (AvgIpc) is 2.61. The zero-order valence-corrected chi connectivity index (χ0v) is 18.2. The normalized spacial score (nSPS) is 10.7. The third-order valence-electron chi connectivity index (χ3n) is 3.22. The van der Waals surface area contributed by atoms with E-state index in [2.05, 4.69) is 4.99 Å². The first-order valence-corrected chi connectivity index (χ1v) is 9.31. The highest BCUT2D eigenvalue weighted by Gasteiger charge is 2.18. The molecule has 2 aromatic carbocycles. The van der Waals surface area contributed by atoms with Gasteiger partial charge < -0.3 is 15.2 Å². The van der Waals surface area contributed by atoms with Crippen molar-refractivity contribution in [3.63, 3.8) is 0 Å². The van der Waals surface area contributed by atoms with Crippen LogP contribution in [0.5, 0.6) is 0 Å². The van der Waals surface area contributed by atoms with Gasteiger partial charge in [-0.2, -0.15) is 4.99 Å². The molecule has 0 atom stereocenters. The molecule has 0 aromatic heterocycles. The molecule has 30 heavy (non-hydrogen) atoms. The number of carbonyl (C=O) groups is 2. The summed E-state index contributed by atoms with van der Waals surface area (Å²) in [5, 5.41) is 0. The first-order valence-electron chi connectivity index (χ1n) is 9.31. The van der Waals surface area contributed by atoms with E-state index < -0.39 is 17.2 Å². The number of rotatable bonds is 3. The van der Waals surface area contributed by atoms with Gasteiger partial charge in [0, 0.05) is 5.69 Å². The Hall–Kier alpha value is -3.44. The maximum atomic E-state index is 11.6. The van der Waals surface area contributed by atoms with Crippen molar-refractivity contribution in [2.75, 3.05) is 5.73 Å². The SMILES string of the molecule is CC(C)(C)OC(=O)c1ccc(N)cc1.CC(C)(C)OC(=O)c1ccc(N=C=O)cc1. The van der Waals surface area contributed by atoms with E-state index in [0.717, 1.165) is 0 Å². The number of nitrogens with two attached hydrogens (primary N) is 1. The number of carbonyl (C=O) groups excluding carboxylic acids is 3. The Morgan fingerprint density at radius 2 is 1.13 bits per heavy atom. The fraction of sp³-hybridized carbons (Fsp3) is 0.348. The van der Waals surface area contributed by atoms with Gasteiger partial charge in [0.05, 0.1) is 16.8 Å². The predicted octanol–water partition coefficient (Wildman–Crippen LogP) is 4.83. The summed E-state index contributed by atoms with van der Waals surface area (Å²) in [6.45, 7) is 10.9. The number of aliphatic imine (C=N–C) groups is 1. The molecule has 0 aliphatic heterocycles. The van der Waals surface area contributed by atoms with Crippen LogP contribution in [-0.4, -0.2) is 29.2 Å². The minimum atomic E-state index is -0.517. The molecule has 0 bridgehead atoms. The van der Waals surface area contributed by atoms with E-state index in [1.54, 1.807) is 69.3 Å². The number of hydrogen-bond acceptors (Lipinski definition) is 7. The maximum Gasteiger partial charge on any atom is 0.338 e. The van der Waals surface area contributed by atoms with Crippen LogP contribution in [0.1, 0.15) is 62.3 Å². The fourth-order valence-electron chi connectivity index (χ4n) is 2.02. The highest BCUT2D eigenvalue weighted by atomic mass is 16.6. The lowest BCUT2D eigenvalue weighted by molar-refractivity contribution is 0.00570. The Bertz CT molecular complexity index is 899. The van der Waals surface area contributed by atoms with Crippen molar-refractivity contribution < 1.29 is 23.9 Å². The molecule has 7 heteroatoms. The molecule has 0 saturated heterocycles. The van der Waals surface area contributed by atoms with Crippen LogP contribution < -0.4 is 5.73 Å². The number of ether oxygens (including phenoxy) is 2. The Labute approximate surface area is 176 Å². The van der Waals surface area contributed by atoms with Gasteiger partial charge in [-0.1, -0.05) is 0 Å². The van der Waals surface area contributed by atoms with Crippen molar-refractivity contribution >= 4 is 29.4 Å². The summed E-state index contributed by atoms with van der Waals surface area (Å²) in [7, 11) is 0. The maximum absolute atomic E-state index is 11.6. The van der Waals surface area contributed by atoms with Crippen LogP contribution in [0, 0.1) is 0 Å². The quantitative estimate of drug-likeness (QED) is 0.335. The molecule has 160 valence electrons. The number of nitrogen functional groups attached to an aromatic ring is 1. The van der Waals surface area contributed by atoms with E-state index in [0.29, 0.717) is 22.5 Å². The van der Waals surface area contributed by atoms with Crippen molar-refractivity contribution in [1.82, 2.24) is 0 Å².